The fourth-order valence-corrected chi connectivity index (χ4v) is 3.17. The molecule has 0 spiro atoms. The van der Waals surface area contributed by atoms with Crippen molar-refractivity contribution in [2.24, 2.45) is 0 Å². The van der Waals surface area contributed by atoms with Crippen molar-refractivity contribution >= 4 is 10.1 Å². The first-order valence-corrected chi connectivity index (χ1v) is 8.24. The summed E-state index contributed by atoms with van der Waals surface area (Å²) in [6.45, 7) is 0. The SMILES string of the molecule is C#CCS(=O)(=O)OC1CCCCC1Oc1ccccc1. The van der Waals surface area contributed by atoms with Crippen LogP contribution in [0, 0.1) is 12.3 Å². The van der Waals surface area contributed by atoms with Crippen LogP contribution < -0.4 is 4.74 Å². The summed E-state index contributed by atoms with van der Waals surface area (Å²) in [6.07, 6.45) is 7.72. The van der Waals surface area contributed by atoms with Gasteiger partial charge in [-0.05, 0) is 31.4 Å². The molecule has 0 aromatic heterocycles. The van der Waals surface area contributed by atoms with Gasteiger partial charge in [0.25, 0.3) is 10.1 Å². The maximum atomic E-state index is 11.7. The van der Waals surface area contributed by atoms with E-state index in [0.29, 0.717) is 6.42 Å². The maximum absolute atomic E-state index is 11.7. The molecule has 0 N–H and O–H groups in total. The first-order chi connectivity index (χ1) is 9.61. The number of hydrogen-bond donors (Lipinski definition) is 0. The fourth-order valence-electron chi connectivity index (χ4n) is 2.31. The number of para-hydroxylation sites is 1. The molecule has 2 rings (SSSR count). The van der Waals surface area contributed by atoms with E-state index in [2.05, 4.69) is 5.92 Å². The summed E-state index contributed by atoms with van der Waals surface area (Å²) in [5.74, 6) is 2.43. The second-order valence-corrected chi connectivity index (χ2v) is 6.39. The standard InChI is InChI=1S/C15H18O4S/c1-2-12-20(16,17)19-15-11-7-6-10-14(15)18-13-8-4-3-5-9-13/h1,3-5,8-9,14-15H,6-7,10-12H2. The highest BCUT2D eigenvalue weighted by atomic mass is 32.2. The zero-order valence-electron chi connectivity index (χ0n) is 11.2. The summed E-state index contributed by atoms with van der Waals surface area (Å²) in [5.41, 5.74) is 0. The summed E-state index contributed by atoms with van der Waals surface area (Å²) >= 11 is 0. The third-order valence-corrected chi connectivity index (χ3v) is 4.26. The predicted molar refractivity (Wildman–Crippen MR) is 76.8 cm³/mol. The molecule has 108 valence electrons. The van der Waals surface area contributed by atoms with Crippen LogP contribution in [-0.4, -0.2) is 26.4 Å². The van der Waals surface area contributed by atoms with Crippen molar-refractivity contribution in [3.63, 3.8) is 0 Å². The largest absolute Gasteiger partial charge is 0.488 e. The molecule has 0 heterocycles. The lowest BCUT2D eigenvalue weighted by molar-refractivity contribution is 0.0274. The van der Waals surface area contributed by atoms with Gasteiger partial charge in [0.05, 0.1) is 0 Å². The molecule has 1 aliphatic rings. The van der Waals surface area contributed by atoms with E-state index in [1.54, 1.807) is 0 Å². The molecule has 0 amide bonds. The van der Waals surface area contributed by atoms with Gasteiger partial charge in [0.15, 0.2) is 0 Å². The Balaban J connectivity index is 2.04. The second kappa shape index (κ2) is 6.78. The smallest absolute Gasteiger partial charge is 0.279 e. The molecule has 1 aliphatic carbocycles. The van der Waals surface area contributed by atoms with Gasteiger partial charge in [-0.15, -0.1) is 6.42 Å². The number of rotatable bonds is 5. The first kappa shape index (κ1) is 14.9. The van der Waals surface area contributed by atoms with Gasteiger partial charge in [-0.3, -0.25) is 4.18 Å². The van der Waals surface area contributed by atoms with Crippen molar-refractivity contribution in [1.82, 2.24) is 0 Å². The summed E-state index contributed by atoms with van der Waals surface area (Å²) in [7, 11) is -3.67. The van der Waals surface area contributed by atoms with Crippen LogP contribution in [0.1, 0.15) is 25.7 Å². The molecular weight excluding hydrogens is 276 g/mol. The molecule has 1 saturated carbocycles. The van der Waals surface area contributed by atoms with Crippen molar-refractivity contribution in [1.29, 1.82) is 0 Å². The third-order valence-electron chi connectivity index (χ3n) is 3.20. The van der Waals surface area contributed by atoms with E-state index in [1.807, 2.05) is 30.3 Å². The van der Waals surface area contributed by atoms with Gasteiger partial charge in [0.1, 0.15) is 23.7 Å². The van der Waals surface area contributed by atoms with Gasteiger partial charge in [0, 0.05) is 0 Å². The van der Waals surface area contributed by atoms with Crippen molar-refractivity contribution in [3.8, 4) is 18.1 Å². The number of hydrogen-bond acceptors (Lipinski definition) is 4. The molecule has 0 bridgehead atoms. The molecule has 4 nitrogen and oxygen atoms in total. The molecular formula is C15H18O4S. The summed E-state index contributed by atoms with van der Waals surface area (Å²) in [4.78, 5) is 0. The van der Waals surface area contributed by atoms with Crippen LogP contribution in [0.2, 0.25) is 0 Å². The Morgan fingerprint density at radius 1 is 1.15 bits per heavy atom. The summed E-state index contributed by atoms with van der Waals surface area (Å²) < 4.78 is 34.4. The van der Waals surface area contributed by atoms with E-state index < -0.39 is 22.0 Å². The van der Waals surface area contributed by atoms with Crippen LogP contribution >= 0.6 is 0 Å². The van der Waals surface area contributed by atoms with Gasteiger partial charge in [0.2, 0.25) is 0 Å². The summed E-state index contributed by atoms with van der Waals surface area (Å²) in [6, 6.07) is 9.36. The van der Waals surface area contributed by atoms with Crippen LogP contribution in [0.15, 0.2) is 30.3 Å². The maximum Gasteiger partial charge on any atom is 0.279 e. The Morgan fingerprint density at radius 2 is 1.80 bits per heavy atom. The molecule has 5 heteroatoms. The zero-order valence-corrected chi connectivity index (χ0v) is 12.0. The lowest BCUT2D eigenvalue weighted by Crippen LogP contribution is -2.38. The molecule has 2 atom stereocenters. The fraction of sp³-hybridized carbons (Fsp3) is 0.467. The van der Waals surface area contributed by atoms with Crippen molar-refractivity contribution in [3.05, 3.63) is 30.3 Å². The van der Waals surface area contributed by atoms with Crippen LogP contribution in [0.5, 0.6) is 5.75 Å². The summed E-state index contributed by atoms with van der Waals surface area (Å²) in [5, 5.41) is 0. The highest BCUT2D eigenvalue weighted by molar-refractivity contribution is 7.86. The normalized spacial score (nSPS) is 22.9. The van der Waals surface area contributed by atoms with Gasteiger partial charge in [-0.25, -0.2) is 0 Å². The number of benzene rings is 1. The van der Waals surface area contributed by atoms with Gasteiger partial charge < -0.3 is 4.74 Å². The Hall–Kier alpha value is -1.51. The molecule has 1 aromatic rings. The van der Waals surface area contributed by atoms with Crippen LogP contribution in [0.3, 0.4) is 0 Å². The topological polar surface area (TPSA) is 52.6 Å². The van der Waals surface area contributed by atoms with Crippen LogP contribution in [-0.2, 0) is 14.3 Å². The van der Waals surface area contributed by atoms with E-state index in [4.69, 9.17) is 15.3 Å². The quantitative estimate of drug-likeness (QED) is 0.618. The molecule has 0 radical (unpaired) electrons. The molecule has 2 unspecified atom stereocenters. The zero-order chi connectivity index (χ0) is 14.4. The average Bonchev–Trinajstić information content (AvgIpc) is 2.42. The van der Waals surface area contributed by atoms with E-state index in [-0.39, 0.29) is 6.10 Å². The van der Waals surface area contributed by atoms with Gasteiger partial charge in [-0.2, -0.15) is 8.42 Å². The monoisotopic (exact) mass is 294 g/mol. The lowest BCUT2D eigenvalue weighted by Gasteiger charge is -2.31. The molecule has 0 saturated heterocycles. The average molecular weight is 294 g/mol. The van der Waals surface area contributed by atoms with E-state index in [0.717, 1.165) is 25.0 Å². The van der Waals surface area contributed by atoms with Crippen molar-refractivity contribution in [2.75, 3.05) is 5.75 Å². The second-order valence-electron chi connectivity index (χ2n) is 4.79. The van der Waals surface area contributed by atoms with Crippen molar-refractivity contribution < 1.29 is 17.3 Å². The first-order valence-electron chi connectivity index (χ1n) is 6.67. The highest BCUT2D eigenvalue weighted by Crippen LogP contribution is 2.27. The minimum atomic E-state index is -3.67. The molecule has 20 heavy (non-hydrogen) atoms. The Labute approximate surface area is 120 Å². The third kappa shape index (κ3) is 4.26. The van der Waals surface area contributed by atoms with E-state index in [1.165, 1.54) is 0 Å². The Morgan fingerprint density at radius 3 is 2.45 bits per heavy atom. The van der Waals surface area contributed by atoms with Gasteiger partial charge in [-0.1, -0.05) is 30.5 Å². The van der Waals surface area contributed by atoms with Crippen LogP contribution in [0.25, 0.3) is 0 Å². The van der Waals surface area contributed by atoms with Crippen molar-refractivity contribution in [2.45, 2.75) is 37.9 Å². The Kier molecular flexibility index (Phi) is 5.05. The molecule has 1 fully saturated rings. The Bertz CT molecular complexity index is 559. The highest BCUT2D eigenvalue weighted by Gasteiger charge is 2.31. The van der Waals surface area contributed by atoms with E-state index in [9.17, 15) is 8.42 Å². The predicted octanol–water partition coefficient (Wildman–Crippen LogP) is 2.36. The minimum Gasteiger partial charge on any atom is -0.488 e. The molecule has 1 aromatic carbocycles. The molecule has 0 aliphatic heterocycles. The van der Waals surface area contributed by atoms with Gasteiger partial charge >= 0.3 is 0 Å². The lowest BCUT2D eigenvalue weighted by atomic mass is 9.95. The van der Waals surface area contributed by atoms with E-state index >= 15 is 0 Å². The minimum absolute atomic E-state index is 0.251. The number of terminal acetylenes is 1. The van der Waals surface area contributed by atoms with Crippen LogP contribution in [0.4, 0.5) is 0 Å². The number of ether oxygens (including phenoxy) is 1.